The summed E-state index contributed by atoms with van der Waals surface area (Å²) in [4.78, 5) is 41.4. The molecule has 4 bridgehead atoms. The summed E-state index contributed by atoms with van der Waals surface area (Å²) < 4.78 is 13.4. The number of nitrogens with zero attached hydrogens (tertiary/aromatic N) is 4. The largest absolute Gasteiger partial charge is 0.493 e. The predicted octanol–water partition coefficient (Wildman–Crippen LogP) is 2.33. The lowest BCUT2D eigenvalue weighted by atomic mass is 10.1. The van der Waals surface area contributed by atoms with Gasteiger partial charge < -0.3 is 29.8 Å². The van der Waals surface area contributed by atoms with Gasteiger partial charge in [-0.25, -0.2) is 0 Å². The van der Waals surface area contributed by atoms with Crippen LogP contribution in [0.5, 0.6) is 5.75 Å². The fourth-order valence-electron chi connectivity index (χ4n) is 5.13. The van der Waals surface area contributed by atoms with Crippen molar-refractivity contribution in [2.45, 2.75) is 58.7 Å². The first-order valence-corrected chi connectivity index (χ1v) is 14.8. The molecule has 3 heterocycles. The molecule has 0 unspecified atom stereocenters. The van der Waals surface area contributed by atoms with Gasteiger partial charge in [-0.1, -0.05) is 23.4 Å². The van der Waals surface area contributed by atoms with Crippen LogP contribution in [0.4, 0.5) is 0 Å². The minimum Gasteiger partial charge on any atom is -0.493 e. The van der Waals surface area contributed by atoms with Crippen molar-refractivity contribution in [3.63, 3.8) is 0 Å². The number of aryl methyl sites for hydroxylation is 3. The maximum absolute atomic E-state index is 13.6. The maximum Gasteiger partial charge on any atom is 0.252 e. The third-order valence-electron chi connectivity index (χ3n) is 7.70. The Balaban J connectivity index is 1.34. The Kier molecular flexibility index (Phi) is 9.59. The number of fused-ring (bicyclic) bond motifs is 5. The lowest BCUT2D eigenvalue weighted by Crippen LogP contribution is -2.53. The molecule has 0 aliphatic carbocycles. The molecule has 5 rings (SSSR count). The second-order valence-corrected chi connectivity index (χ2v) is 11.2. The Labute approximate surface area is 255 Å². The van der Waals surface area contributed by atoms with Crippen LogP contribution in [0.25, 0.3) is 11.0 Å². The zero-order chi connectivity index (χ0) is 31.2. The third kappa shape index (κ3) is 7.43. The van der Waals surface area contributed by atoms with Gasteiger partial charge in [-0.3, -0.25) is 19.1 Å². The number of aliphatic hydroxyl groups excluding tert-OH is 1. The molecule has 2 atom stereocenters. The molecule has 0 fully saturated rings. The van der Waals surface area contributed by atoms with Crippen LogP contribution >= 0.6 is 0 Å². The molecule has 3 N–H and O–H groups in total. The summed E-state index contributed by atoms with van der Waals surface area (Å²) in [5.41, 5.74) is 4.48. The maximum atomic E-state index is 13.6. The van der Waals surface area contributed by atoms with Gasteiger partial charge in [0.2, 0.25) is 11.8 Å². The van der Waals surface area contributed by atoms with Gasteiger partial charge in [-0.05, 0) is 50.1 Å². The van der Waals surface area contributed by atoms with Crippen molar-refractivity contribution in [1.29, 1.82) is 0 Å². The molecule has 44 heavy (non-hydrogen) atoms. The highest BCUT2D eigenvalue weighted by Gasteiger charge is 2.27. The van der Waals surface area contributed by atoms with Gasteiger partial charge in [-0.2, -0.15) is 0 Å². The topological polar surface area (TPSA) is 152 Å². The van der Waals surface area contributed by atoms with Crippen LogP contribution in [-0.4, -0.2) is 81.1 Å². The van der Waals surface area contributed by atoms with Crippen LogP contribution in [0.15, 0.2) is 53.3 Å². The van der Waals surface area contributed by atoms with Crippen molar-refractivity contribution >= 4 is 28.7 Å². The first-order valence-electron chi connectivity index (χ1n) is 14.8. The number of benzene rings is 2. The molecule has 2 aromatic heterocycles. The summed E-state index contributed by atoms with van der Waals surface area (Å²) in [7, 11) is 0. The van der Waals surface area contributed by atoms with Gasteiger partial charge >= 0.3 is 0 Å². The number of aliphatic hydroxyl groups is 1. The van der Waals surface area contributed by atoms with Gasteiger partial charge in [0.1, 0.15) is 17.4 Å². The second-order valence-electron chi connectivity index (χ2n) is 11.2. The smallest absolute Gasteiger partial charge is 0.252 e. The fraction of sp³-hybridized carbons (Fsp3) is 0.406. The second kappa shape index (κ2) is 13.7. The molecule has 0 saturated heterocycles. The van der Waals surface area contributed by atoms with E-state index in [1.54, 1.807) is 34.0 Å². The van der Waals surface area contributed by atoms with Crippen LogP contribution in [0, 0.1) is 13.8 Å². The first kappa shape index (κ1) is 30.7. The van der Waals surface area contributed by atoms with Crippen LogP contribution in [0.2, 0.25) is 0 Å². The summed E-state index contributed by atoms with van der Waals surface area (Å²) in [6, 6.07) is 9.71. The van der Waals surface area contributed by atoms with E-state index in [1.165, 1.54) is 6.92 Å². The lowest BCUT2D eigenvalue weighted by molar-refractivity contribution is -0.131. The van der Waals surface area contributed by atoms with Gasteiger partial charge in [-0.15, -0.1) is 5.10 Å². The van der Waals surface area contributed by atoms with Crippen molar-refractivity contribution in [3.05, 3.63) is 76.8 Å². The Morgan fingerprint density at radius 1 is 1.14 bits per heavy atom. The first-order chi connectivity index (χ1) is 21.2. The van der Waals surface area contributed by atoms with Gasteiger partial charge in [0, 0.05) is 61.7 Å². The average Bonchev–Trinajstić information content (AvgIpc) is 3.61. The van der Waals surface area contributed by atoms with E-state index in [0.717, 1.165) is 33.4 Å². The molecule has 12 heteroatoms. The predicted molar refractivity (Wildman–Crippen MR) is 162 cm³/mol. The molecular weight excluding hydrogens is 564 g/mol. The Morgan fingerprint density at radius 2 is 1.98 bits per heavy atom. The number of ether oxygens (including phenoxy) is 1. The number of hydrogen-bond donors (Lipinski definition) is 3. The number of furan rings is 1. The number of amides is 3. The van der Waals surface area contributed by atoms with Crippen LogP contribution in [0.3, 0.4) is 0 Å². The number of aromatic nitrogens is 3. The van der Waals surface area contributed by atoms with E-state index in [4.69, 9.17) is 9.15 Å². The summed E-state index contributed by atoms with van der Waals surface area (Å²) in [5.74, 6) is -0.643. The van der Waals surface area contributed by atoms with Crippen LogP contribution in [-0.2, 0) is 29.0 Å². The minimum atomic E-state index is -1.20. The van der Waals surface area contributed by atoms with Crippen LogP contribution in [0.1, 0.15) is 46.1 Å². The molecule has 0 radical (unpaired) electrons. The number of rotatable bonds is 3. The highest BCUT2D eigenvalue weighted by atomic mass is 16.5. The van der Waals surface area contributed by atoms with Gasteiger partial charge in [0.05, 0.1) is 31.1 Å². The van der Waals surface area contributed by atoms with Crippen LogP contribution < -0.4 is 15.4 Å². The van der Waals surface area contributed by atoms with Crippen molar-refractivity contribution in [1.82, 2.24) is 30.5 Å². The fourth-order valence-corrected chi connectivity index (χ4v) is 5.13. The van der Waals surface area contributed by atoms with Crippen molar-refractivity contribution in [3.8, 4) is 5.75 Å². The van der Waals surface area contributed by atoms with E-state index in [-0.39, 0.29) is 25.4 Å². The van der Waals surface area contributed by atoms with Crippen molar-refractivity contribution in [2.24, 2.45) is 0 Å². The Morgan fingerprint density at radius 3 is 2.80 bits per heavy atom. The molecule has 1 aliphatic rings. The third-order valence-corrected chi connectivity index (χ3v) is 7.70. The molecule has 3 amide bonds. The molecule has 232 valence electrons. The van der Waals surface area contributed by atoms with E-state index in [2.05, 4.69) is 20.9 Å². The SMILES string of the molecule is Cc1ccc2c(CC(=O)N3CCNC(=O)[C@H]([C@@H](C)O)NC(=O)c4ccc(C)c(c4)OCCCn4cc(nn4)CC3)coc2c1. The van der Waals surface area contributed by atoms with E-state index in [0.29, 0.717) is 43.9 Å². The standard InChI is InChI=1S/C32H38N6O6/c1-20-5-8-26-24(19-44-28(26)15-20)17-29(40)37-12-9-25-18-38(36-35-25)11-4-14-43-27-16-23(7-6-21(27)2)31(41)34-30(22(3)39)32(42)33-10-13-37/h5-8,15-16,18-19,22,30,39H,4,9-14,17H2,1-3H3,(H,33,42)(H,34,41)/t22-,30+/m1/s1. The van der Waals surface area contributed by atoms with Gasteiger partial charge in [0.25, 0.3) is 5.91 Å². The minimum absolute atomic E-state index is 0.115. The monoisotopic (exact) mass is 602 g/mol. The number of hydrogen-bond acceptors (Lipinski definition) is 8. The van der Waals surface area contributed by atoms with E-state index >= 15 is 0 Å². The molecule has 0 saturated carbocycles. The summed E-state index contributed by atoms with van der Waals surface area (Å²) >= 11 is 0. The summed E-state index contributed by atoms with van der Waals surface area (Å²) in [5, 5.41) is 25.1. The molecule has 2 aromatic carbocycles. The Bertz CT molecular complexity index is 1640. The normalized spacial score (nSPS) is 17.8. The molecule has 12 nitrogen and oxygen atoms in total. The molecule has 1 aliphatic heterocycles. The van der Waals surface area contributed by atoms with Crippen molar-refractivity contribution in [2.75, 3.05) is 26.2 Å². The molecule has 4 aromatic rings. The highest BCUT2D eigenvalue weighted by Crippen LogP contribution is 2.23. The average molecular weight is 603 g/mol. The summed E-state index contributed by atoms with van der Waals surface area (Å²) in [6.45, 7) is 6.97. The zero-order valence-corrected chi connectivity index (χ0v) is 25.2. The van der Waals surface area contributed by atoms with Crippen molar-refractivity contribution < 1.29 is 28.6 Å². The number of carbonyl (C=O) groups is 3. The molecular formula is C32H38N6O6. The van der Waals surface area contributed by atoms with E-state index in [9.17, 15) is 19.5 Å². The number of carbonyl (C=O) groups excluding carboxylic acids is 3. The van der Waals surface area contributed by atoms with E-state index in [1.807, 2.05) is 38.2 Å². The lowest BCUT2D eigenvalue weighted by Gasteiger charge is -2.25. The highest BCUT2D eigenvalue weighted by molar-refractivity contribution is 5.98. The number of nitrogens with one attached hydrogen (secondary N) is 2. The quantitative estimate of drug-likeness (QED) is 0.323. The van der Waals surface area contributed by atoms with Gasteiger partial charge in [0.15, 0.2) is 0 Å². The molecule has 0 spiro atoms. The summed E-state index contributed by atoms with van der Waals surface area (Å²) in [6.07, 6.45) is 3.57. The zero-order valence-electron chi connectivity index (χ0n) is 25.2. The van der Waals surface area contributed by atoms with E-state index < -0.39 is 24.0 Å². The Hall–Kier alpha value is -4.71.